The van der Waals surface area contributed by atoms with E-state index in [9.17, 15) is 0 Å². The molecule has 96 valence electrons. The molecule has 0 radical (unpaired) electrons. The van der Waals surface area contributed by atoms with Crippen LogP contribution >= 0.6 is 0 Å². The second-order valence-electron chi connectivity index (χ2n) is 4.83. The molecule has 2 rings (SSSR count). The summed E-state index contributed by atoms with van der Waals surface area (Å²) in [5.74, 6) is 2.48. The minimum Gasteiger partial charge on any atom is -0.496 e. The van der Waals surface area contributed by atoms with Gasteiger partial charge in [-0.1, -0.05) is 26.0 Å². The summed E-state index contributed by atoms with van der Waals surface area (Å²) in [5.41, 5.74) is 2.54. The summed E-state index contributed by atoms with van der Waals surface area (Å²) in [4.78, 5) is 4.25. The molecule has 3 heteroatoms. The molecule has 0 spiro atoms. The maximum atomic E-state index is 5.43. The van der Waals surface area contributed by atoms with Gasteiger partial charge in [0.15, 0.2) is 0 Å². The van der Waals surface area contributed by atoms with Crippen molar-refractivity contribution >= 4 is 0 Å². The van der Waals surface area contributed by atoms with Crippen LogP contribution in [0, 0.1) is 6.92 Å². The van der Waals surface area contributed by atoms with E-state index in [0.717, 1.165) is 18.1 Å². The van der Waals surface area contributed by atoms with E-state index in [1.165, 1.54) is 11.1 Å². The number of hydrogen-bond donors (Lipinski definition) is 0. The normalized spacial score (nSPS) is 10.9. The van der Waals surface area contributed by atoms with E-state index in [1.807, 2.05) is 19.3 Å². The summed E-state index contributed by atoms with van der Waals surface area (Å²) in [7, 11) is 1.72. The number of aryl methyl sites for hydroxylation is 1. The maximum absolute atomic E-state index is 5.43. The van der Waals surface area contributed by atoms with E-state index < -0.39 is 0 Å². The van der Waals surface area contributed by atoms with Crippen molar-refractivity contribution in [2.24, 2.45) is 0 Å². The first-order chi connectivity index (χ1) is 8.61. The second kappa shape index (κ2) is 5.25. The van der Waals surface area contributed by atoms with Crippen molar-refractivity contribution in [3.05, 3.63) is 47.5 Å². The summed E-state index contributed by atoms with van der Waals surface area (Å²) < 4.78 is 7.56. The average Bonchev–Trinajstić information content (AvgIpc) is 2.75. The highest BCUT2D eigenvalue weighted by Crippen LogP contribution is 2.25. The van der Waals surface area contributed by atoms with Gasteiger partial charge in [0, 0.05) is 18.0 Å². The molecule has 0 amide bonds. The summed E-state index contributed by atoms with van der Waals surface area (Å²) in [6.07, 6.45) is 3.82. The highest BCUT2D eigenvalue weighted by atomic mass is 16.5. The van der Waals surface area contributed by atoms with Crippen LogP contribution in [0.25, 0.3) is 0 Å². The van der Waals surface area contributed by atoms with Gasteiger partial charge < -0.3 is 9.30 Å². The Kier molecular flexibility index (Phi) is 3.70. The van der Waals surface area contributed by atoms with Crippen molar-refractivity contribution < 1.29 is 4.74 Å². The third-order valence-electron chi connectivity index (χ3n) is 3.24. The molecule has 2 aromatic rings. The Balaban J connectivity index is 2.35. The first-order valence-corrected chi connectivity index (χ1v) is 6.26. The standard InChI is InChI=1S/C15H20N2O/c1-11(2)13-5-6-15(18-4)14(9-13)10-17-8-7-16-12(17)3/h5-9,11H,10H2,1-4H3. The number of nitrogens with zero attached hydrogens (tertiary/aromatic N) is 2. The Hall–Kier alpha value is -1.77. The van der Waals surface area contributed by atoms with E-state index in [2.05, 4.69) is 41.6 Å². The van der Waals surface area contributed by atoms with Crippen molar-refractivity contribution in [1.29, 1.82) is 0 Å². The van der Waals surface area contributed by atoms with E-state index in [0.29, 0.717) is 5.92 Å². The Morgan fingerprint density at radius 1 is 1.33 bits per heavy atom. The Morgan fingerprint density at radius 3 is 2.67 bits per heavy atom. The predicted molar refractivity (Wildman–Crippen MR) is 73.1 cm³/mol. The minimum atomic E-state index is 0.526. The third-order valence-corrected chi connectivity index (χ3v) is 3.24. The molecule has 0 N–H and O–H groups in total. The third kappa shape index (κ3) is 2.55. The number of imidazole rings is 1. The Labute approximate surface area is 108 Å². The number of methoxy groups -OCH3 is 1. The monoisotopic (exact) mass is 244 g/mol. The molecular weight excluding hydrogens is 224 g/mol. The van der Waals surface area contributed by atoms with Crippen LogP contribution in [0.4, 0.5) is 0 Å². The van der Waals surface area contributed by atoms with E-state index >= 15 is 0 Å². The number of ether oxygens (including phenoxy) is 1. The van der Waals surface area contributed by atoms with Gasteiger partial charge in [0.2, 0.25) is 0 Å². The molecule has 0 saturated carbocycles. The highest BCUT2D eigenvalue weighted by molar-refractivity contribution is 5.38. The maximum Gasteiger partial charge on any atom is 0.123 e. The topological polar surface area (TPSA) is 27.1 Å². The fourth-order valence-corrected chi connectivity index (χ4v) is 2.04. The molecule has 1 aromatic heterocycles. The average molecular weight is 244 g/mol. The summed E-state index contributed by atoms with van der Waals surface area (Å²) in [6, 6.07) is 6.41. The van der Waals surface area contributed by atoms with Crippen LogP contribution in [0.3, 0.4) is 0 Å². The van der Waals surface area contributed by atoms with Crippen molar-refractivity contribution in [1.82, 2.24) is 9.55 Å². The fourth-order valence-electron chi connectivity index (χ4n) is 2.04. The highest BCUT2D eigenvalue weighted by Gasteiger charge is 2.08. The zero-order chi connectivity index (χ0) is 13.1. The molecule has 0 atom stereocenters. The molecule has 0 aliphatic rings. The first-order valence-electron chi connectivity index (χ1n) is 6.26. The molecule has 0 bridgehead atoms. The van der Waals surface area contributed by atoms with Crippen molar-refractivity contribution in [2.75, 3.05) is 7.11 Å². The molecule has 0 fully saturated rings. The summed E-state index contributed by atoms with van der Waals surface area (Å²) in [6.45, 7) is 7.22. The lowest BCUT2D eigenvalue weighted by Gasteiger charge is -2.14. The number of rotatable bonds is 4. The minimum absolute atomic E-state index is 0.526. The van der Waals surface area contributed by atoms with Gasteiger partial charge in [-0.25, -0.2) is 4.98 Å². The first kappa shape index (κ1) is 12.7. The van der Waals surface area contributed by atoms with Gasteiger partial charge in [-0.2, -0.15) is 0 Å². The molecule has 0 unspecified atom stereocenters. The fraction of sp³-hybridized carbons (Fsp3) is 0.400. The van der Waals surface area contributed by atoms with Gasteiger partial charge in [0.1, 0.15) is 11.6 Å². The number of hydrogen-bond acceptors (Lipinski definition) is 2. The molecule has 18 heavy (non-hydrogen) atoms. The van der Waals surface area contributed by atoms with Gasteiger partial charge in [0.25, 0.3) is 0 Å². The molecular formula is C15H20N2O. The SMILES string of the molecule is COc1ccc(C(C)C)cc1Cn1ccnc1C. The molecule has 1 aromatic carbocycles. The van der Waals surface area contributed by atoms with Gasteiger partial charge in [-0.05, 0) is 24.5 Å². The van der Waals surface area contributed by atoms with Gasteiger partial charge in [0.05, 0.1) is 13.7 Å². The Bertz CT molecular complexity index is 529. The smallest absolute Gasteiger partial charge is 0.123 e. The van der Waals surface area contributed by atoms with E-state index in [-0.39, 0.29) is 0 Å². The lowest BCUT2D eigenvalue weighted by molar-refractivity contribution is 0.408. The van der Waals surface area contributed by atoms with Crippen molar-refractivity contribution in [3.63, 3.8) is 0 Å². The molecule has 3 nitrogen and oxygen atoms in total. The van der Waals surface area contributed by atoms with Gasteiger partial charge in [-0.15, -0.1) is 0 Å². The lowest BCUT2D eigenvalue weighted by Crippen LogP contribution is -2.04. The zero-order valence-electron chi connectivity index (χ0n) is 11.5. The zero-order valence-corrected chi connectivity index (χ0v) is 11.5. The van der Waals surface area contributed by atoms with Crippen LogP contribution in [-0.2, 0) is 6.54 Å². The largest absolute Gasteiger partial charge is 0.496 e. The molecule has 0 aliphatic heterocycles. The van der Waals surface area contributed by atoms with Gasteiger partial charge in [-0.3, -0.25) is 0 Å². The molecule has 0 aliphatic carbocycles. The molecule has 1 heterocycles. The van der Waals surface area contributed by atoms with Crippen LogP contribution in [0.2, 0.25) is 0 Å². The lowest BCUT2D eigenvalue weighted by atomic mass is 10.00. The van der Waals surface area contributed by atoms with Crippen LogP contribution in [0.15, 0.2) is 30.6 Å². The van der Waals surface area contributed by atoms with Crippen LogP contribution < -0.4 is 4.74 Å². The van der Waals surface area contributed by atoms with E-state index in [4.69, 9.17) is 4.74 Å². The molecule has 0 saturated heterocycles. The van der Waals surface area contributed by atoms with Crippen LogP contribution in [0.5, 0.6) is 5.75 Å². The predicted octanol–water partition coefficient (Wildman–Crippen LogP) is 3.37. The number of benzene rings is 1. The van der Waals surface area contributed by atoms with E-state index in [1.54, 1.807) is 7.11 Å². The van der Waals surface area contributed by atoms with Crippen molar-refractivity contribution in [3.8, 4) is 5.75 Å². The summed E-state index contributed by atoms with van der Waals surface area (Å²) in [5, 5.41) is 0. The quantitative estimate of drug-likeness (QED) is 0.824. The number of aromatic nitrogens is 2. The Morgan fingerprint density at radius 2 is 2.11 bits per heavy atom. The summed E-state index contributed by atoms with van der Waals surface area (Å²) >= 11 is 0. The second-order valence-corrected chi connectivity index (χ2v) is 4.83. The van der Waals surface area contributed by atoms with Crippen LogP contribution in [0.1, 0.15) is 36.7 Å². The van der Waals surface area contributed by atoms with Crippen LogP contribution in [-0.4, -0.2) is 16.7 Å². The van der Waals surface area contributed by atoms with Gasteiger partial charge >= 0.3 is 0 Å². The van der Waals surface area contributed by atoms with Crippen molar-refractivity contribution in [2.45, 2.75) is 33.2 Å².